The number of nitrogens with zero attached hydrogens (tertiary/aromatic N) is 4. The number of aromatic nitrogens is 4. The maximum atomic E-state index is 11.6. The van der Waals surface area contributed by atoms with Crippen LogP contribution in [0.25, 0.3) is 0 Å². The van der Waals surface area contributed by atoms with Gasteiger partial charge in [-0.05, 0) is 34.5 Å². The van der Waals surface area contributed by atoms with Crippen molar-refractivity contribution in [3.05, 3.63) is 11.4 Å². The zero-order chi connectivity index (χ0) is 15.9. The topological polar surface area (TPSA) is 154 Å². The lowest BCUT2D eigenvalue weighted by atomic mass is 10.4. The second kappa shape index (κ2) is 7.01. The number of hydrogen-bond acceptors (Lipinski definition) is 12. The van der Waals surface area contributed by atoms with E-state index >= 15 is 0 Å². The molecule has 0 amide bonds. The van der Waals surface area contributed by atoms with Crippen molar-refractivity contribution in [1.29, 1.82) is 0 Å². The van der Waals surface area contributed by atoms with Gasteiger partial charge < -0.3 is 9.47 Å². The number of carbonyl (C=O) groups excluding carboxylic acids is 2. The normalized spacial score (nSPS) is 10.1. The molecule has 2 N–H and O–H groups in total. The molecule has 118 valence electrons. The Hall–Kier alpha value is -3.18. The first-order valence-electron chi connectivity index (χ1n) is 6.18. The first kappa shape index (κ1) is 15.2. The summed E-state index contributed by atoms with van der Waals surface area (Å²) in [4.78, 5) is 23.2. The summed E-state index contributed by atoms with van der Waals surface area (Å²) in [6, 6.07) is 0. The van der Waals surface area contributed by atoms with Gasteiger partial charge in [0.05, 0.1) is 13.2 Å². The predicted molar refractivity (Wildman–Crippen MR) is 67.8 cm³/mol. The van der Waals surface area contributed by atoms with Gasteiger partial charge in [0.25, 0.3) is 0 Å². The Kier molecular flexibility index (Phi) is 4.85. The summed E-state index contributed by atoms with van der Waals surface area (Å²) in [6.07, 6.45) is 0. The average molecular weight is 312 g/mol. The van der Waals surface area contributed by atoms with Crippen molar-refractivity contribution in [2.24, 2.45) is 0 Å². The van der Waals surface area contributed by atoms with Crippen LogP contribution in [0.3, 0.4) is 0 Å². The largest absolute Gasteiger partial charge is 0.461 e. The van der Waals surface area contributed by atoms with Crippen LogP contribution in [0.5, 0.6) is 0 Å². The molecule has 2 aromatic heterocycles. The smallest absolute Gasteiger partial charge is 0.364 e. The summed E-state index contributed by atoms with van der Waals surface area (Å²) < 4.78 is 18.4. The molecule has 0 spiro atoms. The molecule has 0 saturated heterocycles. The summed E-state index contributed by atoms with van der Waals surface area (Å²) in [7, 11) is 0. The van der Waals surface area contributed by atoms with Crippen molar-refractivity contribution in [3.63, 3.8) is 0 Å². The van der Waals surface area contributed by atoms with Crippen molar-refractivity contribution < 1.29 is 28.3 Å². The average Bonchev–Trinajstić information content (AvgIpc) is 3.14. The molecular weight excluding hydrogens is 300 g/mol. The molecule has 22 heavy (non-hydrogen) atoms. The Morgan fingerprint density at radius 1 is 0.864 bits per heavy atom. The summed E-state index contributed by atoms with van der Waals surface area (Å²) in [6.45, 7) is 3.62. The lowest BCUT2D eigenvalue weighted by Gasteiger charge is -2.05. The standard InChI is InChI=1S/C10H12N6O6/c1-3-19-9(17)5-7(15-21-13-5)11-12-8-6(14-22-16-8)10(18)20-4-2/h3-4H2,1-2H3,(H,11,15)(H,12,16). The van der Waals surface area contributed by atoms with E-state index in [1.807, 2.05) is 0 Å². The molecule has 0 unspecified atom stereocenters. The van der Waals surface area contributed by atoms with E-state index in [1.165, 1.54) is 0 Å². The van der Waals surface area contributed by atoms with Crippen molar-refractivity contribution >= 4 is 23.6 Å². The highest BCUT2D eigenvalue weighted by Crippen LogP contribution is 2.14. The lowest BCUT2D eigenvalue weighted by molar-refractivity contribution is 0.0504. The van der Waals surface area contributed by atoms with Crippen LogP contribution in [0.15, 0.2) is 9.26 Å². The van der Waals surface area contributed by atoms with E-state index in [4.69, 9.17) is 9.47 Å². The highest BCUT2D eigenvalue weighted by molar-refractivity contribution is 5.93. The number of esters is 2. The minimum Gasteiger partial charge on any atom is -0.461 e. The quantitative estimate of drug-likeness (QED) is 0.531. The van der Waals surface area contributed by atoms with E-state index in [0.717, 1.165) is 0 Å². The number of ether oxygens (including phenoxy) is 2. The van der Waals surface area contributed by atoms with Gasteiger partial charge in [-0.15, -0.1) is 0 Å². The maximum Gasteiger partial charge on any atom is 0.364 e. The third kappa shape index (κ3) is 3.28. The van der Waals surface area contributed by atoms with Gasteiger partial charge in [0.15, 0.2) is 0 Å². The van der Waals surface area contributed by atoms with Gasteiger partial charge in [-0.1, -0.05) is 0 Å². The fraction of sp³-hybridized carbons (Fsp3) is 0.400. The number of nitrogens with one attached hydrogen (secondary N) is 2. The van der Waals surface area contributed by atoms with Gasteiger partial charge in [-0.3, -0.25) is 10.9 Å². The fourth-order valence-corrected chi connectivity index (χ4v) is 1.33. The van der Waals surface area contributed by atoms with E-state index in [1.54, 1.807) is 13.8 Å². The molecule has 0 radical (unpaired) electrons. The molecule has 12 nitrogen and oxygen atoms in total. The van der Waals surface area contributed by atoms with Crippen molar-refractivity contribution in [3.8, 4) is 0 Å². The first-order chi connectivity index (χ1) is 10.7. The molecule has 2 rings (SSSR count). The molecule has 0 atom stereocenters. The van der Waals surface area contributed by atoms with Crippen LogP contribution >= 0.6 is 0 Å². The minimum absolute atomic E-state index is 0.0590. The van der Waals surface area contributed by atoms with Crippen LogP contribution in [0.2, 0.25) is 0 Å². The Morgan fingerprint density at radius 2 is 1.27 bits per heavy atom. The van der Waals surface area contributed by atoms with Gasteiger partial charge in [-0.25, -0.2) is 18.8 Å². The zero-order valence-corrected chi connectivity index (χ0v) is 11.7. The Morgan fingerprint density at radius 3 is 1.64 bits per heavy atom. The van der Waals surface area contributed by atoms with E-state index in [9.17, 15) is 9.59 Å². The zero-order valence-electron chi connectivity index (χ0n) is 11.7. The second-order valence-corrected chi connectivity index (χ2v) is 3.61. The molecule has 12 heteroatoms. The van der Waals surface area contributed by atoms with Crippen LogP contribution in [-0.2, 0) is 9.47 Å². The number of anilines is 2. The molecule has 0 aromatic carbocycles. The summed E-state index contributed by atoms with van der Waals surface area (Å²) in [5.41, 5.74) is 4.61. The highest BCUT2D eigenvalue weighted by Gasteiger charge is 2.22. The van der Waals surface area contributed by atoms with Crippen LogP contribution in [0.4, 0.5) is 11.6 Å². The molecule has 0 fully saturated rings. The molecule has 0 bridgehead atoms. The monoisotopic (exact) mass is 312 g/mol. The SMILES string of the molecule is CCOC(=O)c1nonc1NNc1nonc1C(=O)OCC. The molecule has 0 aliphatic rings. The van der Waals surface area contributed by atoms with Crippen LogP contribution in [-0.4, -0.2) is 45.8 Å². The molecule has 2 aromatic rings. The number of hydrazine groups is 1. The fourth-order valence-electron chi connectivity index (χ4n) is 1.33. The third-order valence-corrected chi connectivity index (χ3v) is 2.21. The van der Waals surface area contributed by atoms with E-state index < -0.39 is 11.9 Å². The Bertz CT molecular complexity index is 596. The van der Waals surface area contributed by atoms with Crippen LogP contribution in [0.1, 0.15) is 34.8 Å². The Labute approximate surface area is 123 Å². The minimum atomic E-state index is -0.725. The summed E-state index contributed by atoms with van der Waals surface area (Å²) >= 11 is 0. The van der Waals surface area contributed by atoms with Crippen molar-refractivity contribution in [2.45, 2.75) is 13.8 Å². The van der Waals surface area contributed by atoms with Gasteiger partial charge in [0.1, 0.15) is 0 Å². The highest BCUT2D eigenvalue weighted by atomic mass is 16.6. The summed E-state index contributed by atoms with van der Waals surface area (Å²) in [5, 5.41) is 13.8. The number of rotatable bonds is 7. The molecular formula is C10H12N6O6. The van der Waals surface area contributed by atoms with Gasteiger partial charge >= 0.3 is 11.9 Å². The van der Waals surface area contributed by atoms with Gasteiger partial charge in [-0.2, -0.15) is 0 Å². The number of hydrogen-bond donors (Lipinski definition) is 2. The maximum absolute atomic E-state index is 11.6. The summed E-state index contributed by atoms with van der Waals surface area (Å²) in [5.74, 6) is -1.57. The van der Waals surface area contributed by atoms with E-state index in [0.29, 0.717) is 0 Å². The molecule has 0 saturated carbocycles. The van der Waals surface area contributed by atoms with E-state index in [-0.39, 0.29) is 36.2 Å². The van der Waals surface area contributed by atoms with Crippen molar-refractivity contribution in [1.82, 2.24) is 20.6 Å². The molecule has 2 heterocycles. The second-order valence-electron chi connectivity index (χ2n) is 3.61. The Balaban J connectivity index is 2.06. The number of carbonyl (C=O) groups is 2. The van der Waals surface area contributed by atoms with Crippen molar-refractivity contribution in [2.75, 3.05) is 24.1 Å². The molecule has 0 aliphatic heterocycles. The first-order valence-corrected chi connectivity index (χ1v) is 6.18. The van der Waals surface area contributed by atoms with Gasteiger partial charge in [0, 0.05) is 0 Å². The van der Waals surface area contributed by atoms with Gasteiger partial charge in [0.2, 0.25) is 23.0 Å². The lowest BCUT2D eigenvalue weighted by Crippen LogP contribution is -2.17. The van der Waals surface area contributed by atoms with Crippen LogP contribution in [0, 0.1) is 0 Å². The predicted octanol–water partition coefficient (Wildman–Crippen LogP) is 0.245. The van der Waals surface area contributed by atoms with Crippen LogP contribution < -0.4 is 10.9 Å². The third-order valence-electron chi connectivity index (χ3n) is 2.21. The van der Waals surface area contributed by atoms with E-state index in [2.05, 4.69) is 40.7 Å². The molecule has 0 aliphatic carbocycles.